The Morgan fingerprint density at radius 3 is 2.58 bits per heavy atom. The molecular weight excluding hydrogens is 329 g/mol. The molecule has 0 spiro atoms. The van der Waals surface area contributed by atoms with E-state index in [9.17, 15) is 4.39 Å². The lowest BCUT2D eigenvalue weighted by Crippen LogP contribution is -2.02. The van der Waals surface area contributed by atoms with Crippen LogP contribution in [-0.4, -0.2) is 0 Å². The summed E-state index contributed by atoms with van der Waals surface area (Å²) in [5.74, 6) is -0.249. The number of benzene rings is 2. The van der Waals surface area contributed by atoms with Crippen molar-refractivity contribution in [2.45, 2.75) is 20.4 Å². The molecular formula is C15H14BrClFN. The monoisotopic (exact) mass is 341 g/mol. The van der Waals surface area contributed by atoms with Crippen molar-refractivity contribution < 1.29 is 4.39 Å². The molecule has 1 nitrogen and oxygen atoms in total. The first-order valence-electron chi connectivity index (χ1n) is 5.92. The van der Waals surface area contributed by atoms with Crippen LogP contribution in [0.3, 0.4) is 0 Å². The fourth-order valence-electron chi connectivity index (χ4n) is 1.78. The van der Waals surface area contributed by atoms with Gasteiger partial charge in [-0.3, -0.25) is 0 Å². The van der Waals surface area contributed by atoms with Crippen LogP contribution in [-0.2, 0) is 6.54 Å². The number of hydrogen-bond donors (Lipinski definition) is 1. The molecule has 0 heterocycles. The average Bonchev–Trinajstić information content (AvgIpc) is 2.36. The summed E-state index contributed by atoms with van der Waals surface area (Å²) in [4.78, 5) is 0. The molecule has 1 N–H and O–H groups in total. The number of nitrogens with one attached hydrogen (secondary N) is 1. The molecule has 0 bridgehead atoms. The lowest BCUT2D eigenvalue weighted by molar-refractivity contribution is 0.620. The molecule has 0 saturated heterocycles. The van der Waals surface area contributed by atoms with Crippen molar-refractivity contribution in [2.75, 3.05) is 5.32 Å². The topological polar surface area (TPSA) is 12.0 Å². The summed E-state index contributed by atoms with van der Waals surface area (Å²) in [5.41, 5.74) is 3.94. The number of aryl methyl sites for hydroxylation is 2. The third-order valence-electron chi connectivity index (χ3n) is 2.99. The Bertz CT molecular complexity index is 613. The van der Waals surface area contributed by atoms with Crippen LogP contribution in [0.25, 0.3) is 0 Å². The van der Waals surface area contributed by atoms with Crippen LogP contribution >= 0.6 is 27.5 Å². The molecule has 0 aliphatic heterocycles. The van der Waals surface area contributed by atoms with E-state index in [0.717, 1.165) is 27.4 Å². The minimum atomic E-state index is -0.249. The average molecular weight is 343 g/mol. The molecule has 0 amide bonds. The third kappa shape index (κ3) is 3.48. The summed E-state index contributed by atoms with van der Waals surface area (Å²) in [5, 5.41) is 4.05. The molecule has 0 atom stereocenters. The van der Waals surface area contributed by atoms with Gasteiger partial charge < -0.3 is 5.32 Å². The van der Waals surface area contributed by atoms with Crippen LogP contribution in [0.2, 0.25) is 5.02 Å². The van der Waals surface area contributed by atoms with Crippen molar-refractivity contribution in [3.63, 3.8) is 0 Å². The maximum absolute atomic E-state index is 13.3. The quantitative estimate of drug-likeness (QED) is 0.780. The molecule has 0 aliphatic carbocycles. The van der Waals surface area contributed by atoms with Gasteiger partial charge >= 0.3 is 0 Å². The van der Waals surface area contributed by atoms with Gasteiger partial charge in [-0.1, -0.05) is 23.7 Å². The van der Waals surface area contributed by atoms with Crippen molar-refractivity contribution in [1.82, 2.24) is 0 Å². The van der Waals surface area contributed by atoms with E-state index in [4.69, 9.17) is 11.6 Å². The van der Waals surface area contributed by atoms with Crippen LogP contribution < -0.4 is 5.32 Å². The molecule has 0 aliphatic rings. The van der Waals surface area contributed by atoms with Gasteiger partial charge in [-0.25, -0.2) is 4.39 Å². The van der Waals surface area contributed by atoms with Crippen LogP contribution in [0.15, 0.2) is 34.8 Å². The second-order valence-electron chi connectivity index (χ2n) is 4.52. The molecule has 2 aromatic rings. The molecule has 0 saturated carbocycles. The summed E-state index contributed by atoms with van der Waals surface area (Å²) >= 11 is 9.28. The van der Waals surface area contributed by atoms with E-state index < -0.39 is 0 Å². The first kappa shape index (κ1) is 14.4. The van der Waals surface area contributed by atoms with Gasteiger partial charge in [0.2, 0.25) is 0 Å². The minimum Gasteiger partial charge on any atom is -0.381 e. The Balaban J connectivity index is 2.14. The Morgan fingerprint density at radius 1 is 1.16 bits per heavy atom. The van der Waals surface area contributed by atoms with Gasteiger partial charge in [-0.05, 0) is 64.7 Å². The molecule has 2 rings (SSSR count). The second-order valence-corrected chi connectivity index (χ2v) is 5.78. The molecule has 0 fully saturated rings. The van der Waals surface area contributed by atoms with Gasteiger partial charge in [0, 0.05) is 17.3 Å². The molecule has 0 unspecified atom stereocenters. The molecule has 0 radical (unpaired) electrons. The van der Waals surface area contributed by atoms with Gasteiger partial charge in [0.1, 0.15) is 5.82 Å². The highest BCUT2D eigenvalue weighted by Gasteiger charge is 2.05. The van der Waals surface area contributed by atoms with Gasteiger partial charge in [0.25, 0.3) is 0 Å². The lowest BCUT2D eigenvalue weighted by atomic mass is 10.1. The second kappa shape index (κ2) is 5.93. The van der Waals surface area contributed by atoms with Gasteiger partial charge in [0.15, 0.2) is 0 Å². The molecule has 2 aromatic carbocycles. The summed E-state index contributed by atoms with van der Waals surface area (Å²) < 4.78 is 13.8. The molecule has 0 aromatic heterocycles. The van der Waals surface area contributed by atoms with E-state index in [1.165, 1.54) is 6.07 Å². The SMILES string of the molecule is Cc1ccc(CNc2cc(Br)c(F)cc2C)cc1Cl. The minimum absolute atomic E-state index is 0.249. The van der Waals surface area contributed by atoms with Gasteiger partial charge in [0.05, 0.1) is 4.47 Å². The van der Waals surface area contributed by atoms with Crippen molar-refractivity contribution in [3.8, 4) is 0 Å². The number of anilines is 1. The third-order valence-corrected chi connectivity index (χ3v) is 4.00. The fourth-order valence-corrected chi connectivity index (χ4v) is 2.33. The number of hydrogen-bond acceptors (Lipinski definition) is 1. The zero-order valence-electron chi connectivity index (χ0n) is 10.7. The Labute approximate surface area is 125 Å². The first-order valence-corrected chi connectivity index (χ1v) is 7.09. The highest BCUT2D eigenvalue weighted by Crippen LogP contribution is 2.25. The summed E-state index contributed by atoms with van der Waals surface area (Å²) in [6, 6.07) is 9.22. The van der Waals surface area contributed by atoms with Gasteiger partial charge in [-0.2, -0.15) is 0 Å². The van der Waals surface area contributed by atoms with E-state index in [1.54, 1.807) is 6.07 Å². The summed E-state index contributed by atoms with van der Waals surface area (Å²) in [6.07, 6.45) is 0. The van der Waals surface area contributed by atoms with Crippen molar-refractivity contribution in [2.24, 2.45) is 0 Å². The zero-order chi connectivity index (χ0) is 14.0. The van der Waals surface area contributed by atoms with E-state index in [-0.39, 0.29) is 5.82 Å². The van der Waals surface area contributed by atoms with Crippen LogP contribution in [0, 0.1) is 19.7 Å². The highest BCUT2D eigenvalue weighted by atomic mass is 79.9. The van der Waals surface area contributed by atoms with E-state index in [1.807, 2.05) is 32.0 Å². The largest absolute Gasteiger partial charge is 0.381 e. The van der Waals surface area contributed by atoms with Crippen LogP contribution in [0.1, 0.15) is 16.7 Å². The first-order chi connectivity index (χ1) is 8.97. The fraction of sp³-hybridized carbons (Fsp3) is 0.200. The maximum Gasteiger partial charge on any atom is 0.137 e. The summed E-state index contributed by atoms with van der Waals surface area (Å²) in [6.45, 7) is 4.50. The smallest absolute Gasteiger partial charge is 0.137 e. The van der Waals surface area contributed by atoms with Gasteiger partial charge in [-0.15, -0.1) is 0 Å². The van der Waals surface area contributed by atoms with Crippen molar-refractivity contribution in [3.05, 3.63) is 62.3 Å². The molecule has 19 heavy (non-hydrogen) atoms. The highest BCUT2D eigenvalue weighted by molar-refractivity contribution is 9.10. The predicted octanol–water partition coefficient (Wildman–Crippen LogP) is 5.47. The standard InChI is InChI=1S/C15H14BrClFN/c1-9-3-4-11(6-13(9)17)8-19-15-7-12(16)14(18)5-10(15)2/h3-7,19H,8H2,1-2H3. The van der Waals surface area contributed by atoms with Crippen LogP contribution in [0.5, 0.6) is 0 Å². The zero-order valence-corrected chi connectivity index (χ0v) is 13.1. The lowest BCUT2D eigenvalue weighted by Gasteiger charge is -2.11. The predicted molar refractivity (Wildman–Crippen MR) is 82.4 cm³/mol. The molecule has 100 valence electrons. The van der Waals surface area contributed by atoms with Crippen molar-refractivity contribution in [1.29, 1.82) is 0 Å². The number of rotatable bonds is 3. The van der Waals surface area contributed by atoms with E-state index >= 15 is 0 Å². The summed E-state index contributed by atoms with van der Waals surface area (Å²) in [7, 11) is 0. The Morgan fingerprint density at radius 2 is 1.89 bits per heavy atom. The normalized spacial score (nSPS) is 10.6. The Hall–Kier alpha value is -1.06. The van der Waals surface area contributed by atoms with Crippen LogP contribution in [0.4, 0.5) is 10.1 Å². The maximum atomic E-state index is 13.3. The van der Waals surface area contributed by atoms with Crippen molar-refractivity contribution >= 4 is 33.2 Å². The van der Waals surface area contributed by atoms with E-state index in [2.05, 4.69) is 21.2 Å². The molecule has 4 heteroatoms. The number of halogens is 3. The van der Waals surface area contributed by atoms with E-state index in [0.29, 0.717) is 11.0 Å². The Kier molecular flexibility index (Phi) is 4.48.